The molecule has 0 saturated heterocycles. The Morgan fingerprint density at radius 3 is 2.08 bits per heavy atom. The number of carbonyl (C=O) groups excluding carboxylic acids is 4. The molecule has 0 rings (SSSR count). The van der Waals surface area contributed by atoms with Crippen LogP contribution in [0, 0.1) is 0 Å². The van der Waals surface area contributed by atoms with Crippen LogP contribution in [0.25, 0.3) is 0 Å². The number of aliphatic hydroxyl groups excluding tert-OH is 1. The highest BCUT2D eigenvalue weighted by atomic mass is 16.4. The van der Waals surface area contributed by atoms with Gasteiger partial charge in [-0.3, -0.25) is 24.0 Å². The number of rotatable bonds is 11. The first-order valence-corrected chi connectivity index (χ1v) is 7.33. The van der Waals surface area contributed by atoms with Crippen molar-refractivity contribution >= 4 is 29.6 Å². The molecular formula is C13H23N5O7. The Morgan fingerprint density at radius 1 is 1.04 bits per heavy atom. The summed E-state index contributed by atoms with van der Waals surface area (Å²) in [4.78, 5) is 56.4. The van der Waals surface area contributed by atoms with Gasteiger partial charge in [0.1, 0.15) is 18.6 Å². The summed E-state index contributed by atoms with van der Waals surface area (Å²) < 4.78 is 0. The Morgan fingerprint density at radius 2 is 1.60 bits per heavy atom. The maximum absolute atomic E-state index is 11.8. The van der Waals surface area contributed by atoms with E-state index in [4.69, 9.17) is 21.7 Å². The molecule has 0 bridgehead atoms. The topological polar surface area (TPSA) is 214 Å². The minimum Gasteiger partial charge on any atom is -0.480 e. The largest absolute Gasteiger partial charge is 0.480 e. The van der Waals surface area contributed by atoms with E-state index in [1.54, 1.807) is 0 Å². The van der Waals surface area contributed by atoms with Gasteiger partial charge in [-0.25, -0.2) is 0 Å². The highest BCUT2D eigenvalue weighted by Crippen LogP contribution is 1.98. The van der Waals surface area contributed by atoms with E-state index in [-0.39, 0.29) is 12.8 Å². The van der Waals surface area contributed by atoms with Crippen molar-refractivity contribution in [3.05, 3.63) is 0 Å². The van der Waals surface area contributed by atoms with Crippen LogP contribution in [-0.4, -0.2) is 71.1 Å². The maximum Gasteiger partial charge on any atom is 0.322 e. The van der Waals surface area contributed by atoms with Crippen LogP contribution in [0.3, 0.4) is 0 Å². The lowest BCUT2D eigenvalue weighted by atomic mass is 10.1. The molecule has 12 nitrogen and oxygen atoms in total. The van der Waals surface area contributed by atoms with E-state index >= 15 is 0 Å². The Kier molecular flexibility index (Phi) is 9.74. The van der Waals surface area contributed by atoms with Crippen molar-refractivity contribution in [2.75, 3.05) is 13.1 Å². The fraction of sp³-hybridized carbons (Fsp3) is 0.615. The molecule has 12 heteroatoms. The van der Waals surface area contributed by atoms with Gasteiger partial charge in [-0.05, 0) is 13.3 Å². The molecule has 0 aromatic carbocycles. The predicted octanol–water partition coefficient (Wildman–Crippen LogP) is -4.24. The van der Waals surface area contributed by atoms with Crippen LogP contribution >= 0.6 is 0 Å². The molecule has 0 aliphatic rings. The molecular weight excluding hydrogens is 338 g/mol. The normalized spacial score (nSPS) is 13.9. The molecule has 3 atom stereocenters. The quantitative estimate of drug-likeness (QED) is 0.191. The number of hydrogen-bond acceptors (Lipinski definition) is 7. The van der Waals surface area contributed by atoms with Crippen molar-refractivity contribution < 1.29 is 34.2 Å². The number of aliphatic hydroxyl groups is 1. The molecule has 0 aromatic rings. The van der Waals surface area contributed by atoms with Crippen molar-refractivity contribution in [2.24, 2.45) is 11.5 Å². The molecule has 0 heterocycles. The number of hydrogen-bond donors (Lipinski definition) is 7. The lowest BCUT2D eigenvalue weighted by molar-refractivity contribution is -0.138. The van der Waals surface area contributed by atoms with Crippen LogP contribution in [0.4, 0.5) is 0 Å². The minimum absolute atomic E-state index is 0.145. The van der Waals surface area contributed by atoms with Crippen LogP contribution < -0.4 is 27.4 Å². The fourth-order valence-electron chi connectivity index (χ4n) is 1.59. The number of carboxylic acids is 1. The smallest absolute Gasteiger partial charge is 0.322 e. The van der Waals surface area contributed by atoms with Crippen LogP contribution in [0.5, 0.6) is 0 Å². The number of amides is 4. The van der Waals surface area contributed by atoms with E-state index in [0.29, 0.717) is 0 Å². The third kappa shape index (κ3) is 9.88. The van der Waals surface area contributed by atoms with Gasteiger partial charge in [0.05, 0.1) is 12.6 Å². The zero-order chi connectivity index (χ0) is 19.6. The summed E-state index contributed by atoms with van der Waals surface area (Å²) in [5.74, 6) is -4.35. The molecule has 0 aliphatic carbocycles. The van der Waals surface area contributed by atoms with Gasteiger partial charge >= 0.3 is 5.97 Å². The van der Waals surface area contributed by atoms with Crippen molar-refractivity contribution in [1.29, 1.82) is 0 Å². The zero-order valence-corrected chi connectivity index (χ0v) is 13.7. The lowest BCUT2D eigenvalue weighted by Crippen LogP contribution is -2.53. The summed E-state index contributed by atoms with van der Waals surface area (Å²) in [5.41, 5.74) is 10.4. The summed E-state index contributed by atoms with van der Waals surface area (Å²) in [6, 6.07) is -2.43. The molecule has 142 valence electrons. The maximum atomic E-state index is 11.8. The summed E-state index contributed by atoms with van der Waals surface area (Å²) in [6.07, 6.45) is -1.48. The summed E-state index contributed by atoms with van der Waals surface area (Å²) in [5, 5.41) is 24.2. The SMILES string of the molecule is CC(O)C(N)C(=O)NCC(=O)NC(CCC(N)=O)C(=O)NCC(=O)O. The molecule has 25 heavy (non-hydrogen) atoms. The average Bonchev–Trinajstić information content (AvgIpc) is 2.52. The molecule has 0 fully saturated rings. The van der Waals surface area contributed by atoms with Gasteiger partial charge in [-0.15, -0.1) is 0 Å². The van der Waals surface area contributed by atoms with Gasteiger partial charge in [0.25, 0.3) is 0 Å². The first kappa shape index (κ1) is 22.3. The van der Waals surface area contributed by atoms with Gasteiger partial charge in [-0.1, -0.05) is 0 Å². The van der Waals surface area contributed by atoms with Crippen molar-refractivity contribution in [2.45, 2.75) is 38.0 Å². The number of nitrogens with two attached hydrogens (primary N) is 2. The first-order valence-electron chi connectivity index (χ1n) is 7.33. The van der Waals surface area contributed by atoms with Gasteiger partial charge in [0.2, 0.25) is 23.6 Å². The highest BCUT2D eigenvalue weighted by Gasteiger charge is 2.23. The Balaban J connectivity index is 4.63. The predicted molar refractivity (Wildman–Crippen MR) is 83.7 cm³/mol. The second-order valence-corrected chi connectivity index (χ2v) is 5.22. The zero-order valence-electron chi connectivity index (χ0n) is 13.7. The number of carboxylic acid groups (broad SMARTS) is 1. The van der Waals surface area contributed by atoms with E-state index in [9.17, 15) is 24.0 Å². The monoisotopic (exact) mass is 361 g/mol. The third-order valence-electron chi connectivity index (χ3n) is 2.99. The standard InChI is InChI=1S/C13H23N5O7/c1-6(19)11(15)13(25)16-4-9(21)18-7(2-3-8(14)20)12(24)17-5-10(22)23/h6-7,11,19H,2-5,15H2,1H3,(H2,14,20)(H,16,25)(H,17,24)(H,18,21)(H,22,23). The van der Waals surface area contributed by atoms with Crippen molar-refractivity contribution in [3.63, 3.8) is 0 Å². The van der Waals surface area contributed by atoms with E-state index in [1.807, 2.05) is 0 Å². The van der Waals surface area contributed by atoms with Crippen LogP contribution in [0.1, 0.15) is 19.8 Å². The van der Waals surface area contributed by atoms with Crippen molar-refractivity contribution in [1.82, 2.24) is 16.0 Å². The Bertz CT molecular complexity index is 523. The lowest BCUT2D eigenvalue weighted by Gasteiger charge is -2.18. The summed E-state index contributed by atoms with van der Waals surface area (Å²) in [7, 11) is 0. The summed E-state index contributed by atoms with van der Waals surface area (Å²) >= 11 is 0. The van der Waals surface area contributed by atoms with Gasteiger partial charge < -0.3 is 37.6 Å². The Labute approximate surface area is 143 Å². The molecule has 0 saturated carbocycles. The van der Waals surface area contributed by atoms with Crippen molar-refractivity contribution in [3.8, 4) is 0 Å². The first-order chi connectivity index (χ1) is 11.5. The van der Waals surface area contributed by atoms with Gasteiger partial charge in [0.15, 0.2) is 0 Å². The summed E-state index contributed by atoms with van der Waals surface area (Å²) in [6.45, 7) is 0.108. The second-order valence-electron chi connectivity index (χ2n) is 5.22. The third-order valence-corrected chi connectivity index (χ3v) is 2.99. The molecule has 0 aliphatic heterocycles. The number of nitrogens with one attached hydrogen (secondary N) is 3. The molecule has 3 unspecified atom stereocenters. The van der Waals surface area contributed by atoms with E-state index < -0.39 is 60.9 Å². The number of aliphatic carboxylic acids is 1. The molecule has 0 spiro atoms. The molecule has 0 radical (unpaired) electrons. The van der Waals surface area contributed by atoms with Gasteiger partial charge in [0, 0.05) is 6.42 Å². The van der Waals surface area contributed by atoms with E-state index in [2.05, 4.69) is 16.0 Å². The van der Waals surface area contributed by atoms with Gasteiger partial charge in [-0.2, -0.15) is 0 Å². The average molecular weight is 361 g/mol. The molecule has 9 N–H and O–H groups in total. The van der Waals surface area contributed by atoms with E-state index in [1.165, 1.54) is 6.92 Å². The molecule has 4 amide bonds. The Hall–Kier alpha value is -2.73. The minimum atomic E-state index is -1.28. The number of primary amides is 1. The van der Waals surface area contributed by atoms with E-state index in [0.717, 1.165) is 0 Å². The van der Waals surface area contributed by atoms with Crippen LogP contribution in [0.15, 0.2) is 0 Å². The fourth-order valence-corrected chi connectivity index (χ4v) is 1.59. The highest BCUT2D eigenvalue weighted by molar-refractivity contribution is 5.92. The second kappa shape index (κ2) is 10.9. The number of carbonyl (C=O) groups is 5. The van der Waals surface area contributed by atoms with Crippen LogP contribution in [-0.2, 0) is 24.0 Å². The van der Waals surface area contributed by atoms with Crippen LogP contribution in [0.2, 0.25) is 0 Å². The molecule has 0 aromatic heterocycles.